The van der Waals surface area contributed by atoms with Crippen LogP contribution in [0.3, 0.4) is 0 Å². The van der Waals surface area contributed by atoms with Crippen LogP contribution in [0.2, 0.25) is 0 Å². The fourth-order valence-electron chi connectivity index (χ4n) is 3.17. The molecule has 5 heteroatoms. The smallest absolute Gasteiger partial charge is 0.339 e. The number of carbonyl (C=O) groups is 2. The van der Waals surface area contributed by atoms with E-state index in [1.54, 1.807) is 24.3 Å². The Balaban J connectivity index is 1.79. The van der Waals surface area contributed by atoms with Crippen LogP contribution in [0.5, 0.6) is 0 Å². The van der Waals surface area contributed by atoms with Gasteiger partial charge < -0.3 is 9.47 Å². The van der Waals surface area contributed by atoms with Crippen LogP contribution in [-0.2, 0) is 15.9 Å². The standard InChI is InChI=1S/C25H31BrO4/c1-2-3-4-5-6-7-12-18-29-24(27)21-14-9-10-15-22(21)25(28)30-19-17-20-13-8-11-16-23(20)26/h8-11,13-16H,2-7,12,17-19H2,1H3. The van der Waals surface area contributed by atoms with E-state index in [9.17, 15) is 9.59 Å². The first-order valence-corrected chi connectivity index (χ1v) is 11.6. The van der Waals surface area contributed by atoms with Crippen molar-refractivity contribution in [1.82, 2.24) is 0 Å². The van der Waals surface area contributed by atoms with Gasteiger partial charge in [-0.1, -0.05) is 91.7 Å². The Morgan fingerprint density at radius 2 is 1.27 bits per heavy atom. The monoisotopic (exact) mass is 474 g/mol. The van der Waals surface area contributed by atoms with E-state index in [0.717, 1.165) is 29.3 Å². The number of esters is 2. The summed E-state index contributed by atoms with van der Waals surface area (Å²) in [5.74, 6) is -0.982. The molecule has 0 aliphatic carbocycles. The summed E-state index contributed by atoms with van der Waals surface area (Å²) >= 11 is 3.49. The molecular formula is C25H31BrO4. The van der Waals surface area contributed by atoms with E-state index in [4.69, 9.17) is 9.47 Å². The van der Waals surface area contributed by atoms with Crippen LogP contribution in [0, 0.1) is 0 Å². The van der Waals surface area contributed by atoms with Crippen molar-refractivity contribution >= 4 is 27.9 Å². The molecule has 0 unspecified atom stereocenters. The summed E-state index contributed by atoms with van der Waals surface area (Å²) in [7, 11) is 0. The molecule has 0 radical (unpaired) electrons. The maximum absolute atomic E-state index is 12.5. The van der Waals surface area contributed by atoms with Crippen molar-refractivity contribution in [2.24, 2.45) is 0 Å². The highest BCUT2D eigenvalue weighted by Crippen LogP contribution is 2.17. The van der Waals surface area contributed by atoms with Gasteiger partial charge in [0, 0.05) is 10.9 Å². The van der Waals surface area contributed by atoms with E-state index in [1.807, 2.05) is 24.3 Å². The molecule has 0 bridgehead atoms. The lowest BCUT2D eigenvalue weighted by Gasteiger charge is -2.10. The van der Waals surface area contributed by atoms with Crippen molar-refractivity contribution in [2.45, 2.75) is 58.3 Å². The van der Waals surface area contributed by atoms with Crippen molar-refractivity contribution in [2.75, 3.05) is 13.2 Å². The number of carbonyl (C=O) groups excluding carboxylic acids is 2. The van der Waals surface area contributed by atoms with Gasteiger partial charge in [0.15, 0.2) is 0 Å². The molecule has 2 aromatic carbocycles. The van der Waals surface area contributed by atoms with Crippen molar-refractivity contribution < 1.29 is 19.1 Å². The number of hydrogen-bond acceptors (Lipinski definition) is 4. The highest BCUT2D eigenvalue weighted by Gasteiger charge is 2.19. The molecule has 30 heavy (non-hydrogen) atoms. The van der Waals surface area contributed by atoms with Crippen LogP contribution in [0.15, 0.2) is 53.0 Å². The Labute approximate surface area is 188 Å². The first-order valence-electron chi connectivity index (χ1n) is 10.8. The minimum atomic E-state index is -0.509. The lowest BCUT2D eigenvalue weighted by atomic mass is 10.1. The third kappa shape index (κ3) is 8.31. The van der Waals surface area contributed by atoms with Crippen LogP contribution in [-0.4, -0.2) is 25.2 Å². The van der Waals surface area contributed by atoms with Gasteiger partial charge in [-0.25, -0.2) is 9.59 Å². The summed E-state index contributed by atoms with van der Waals surface area (Å²) in [5, 5.41) is 0. The van der Waals surface area contributed by atoms with Gasteiger partial charge in [-0.3, -0.25) is 0 Å². The van der Waals surface area contributed by atoms with Crippen molar-refractivity contribution in [1.29, 1.82) is 0 Å². The molecule has 0 heterocycles. The van der Waals surface area contributed by atoms with E-state index < -0.39 is 11.9 Å². The molecule has 0 saturated heterocycles. The second-order valence-electron chi connectivity index (χ2n) is 7.28. The van der Waals surface area contributed by atoms with Gasteiger partial charge in [-0.2, -0.15) is 0 Å². The lowest BCUT2D eigenvalue weighted by Crippen LogP contribution is -2.15. The Kier molecular flexibility index (Phi) is 11.2. The number of rotatable bonds is 13. The zero-order chi connectivity index (χ0) is 21.6. The van der Waals surface area contributed by atoms with Gasteiger partial charge in [0.1, 0.15) is 0 Å². The van der Waals surface area contributed by atoms with Crippen LogP contribution in [0.4, 0.5) is 0 Å². The first-order chi connectivity index (χ1) is 14.6. The number of halogens is 1. The Bertz CT molecular complexity index is 803. The van der Waals surface area contributed by atoms with Crippen LogP contribution >= 0.6 is 15.9 Å². The summed E-state index contributed by atoms with van der Waals surface area (Å²) in [6.07, 6.45) is 8.68. The Hall–Kier alpha value is -2.14. The molecule has 0 spiro atoms. The Morgan fingerprint density at radius 3 is 1.90 bits per heavy atom. The normalized spacial score (nSPS) is 10.6. The van der Waals surface area contributed by atoms with E-state index in [0.29, 0.717) is 13.0 Å². The summed E-state index contributed by atoms with van der Waals surface area (Å²) in [5.41, 5.74) is 1.56. The van der Waals surface area contributed by atoms with Crippen LogP contribution in [0.1, 0.15) is 78.1 Å². The highest BCUT2D eigenvalue weighted by atomic mass is 79.9. The quantitative estimate of drug-likeness (QED) is 0.237. The zero-order valence-electron chi connectivity index (χ0n) is 17.7. The molecule has 0 atom stereocenters. The molecule has 0 aromatic heterocycles. The average Bonchev–Trinajstić information content (AvgIpc) is 2.76. The van der Waals surface area contributed by atoms with Gasteiger partial charge in [0.25, 0.3) is 0 Å². The van der Waals surface area contributed by atoms with E-state index >= 15 is 0 Å². The molecule has 0 fully saturated rings. The maximum atomic E-state index is 12.5. The lowest BCUT2D eigenvalue weighted by molar-refractivity contribution is 0.0455. The SMILES string of the molecule is CCCCCCCCCOC(=O)c1ccccc1C(=O)OCCc1ccccc1Br. The predicted octanol–water partition coefficient (Wildman–Crippen LogP) is 6.76. The summed E-state index contributed by atoms with van der Waals surface area (Å²) in [6.45, 7) is 2.82. The number of hydrogen-bond donors (Lipinski definition) is 0. The fourth-order valence-corrected chi connectivity index (χ4v) is 3.66. The van der Waals surface area contributed by atoms with Crippen molar-refractivity contribution in [3.8, 4) is 0 Å². The second kappa shape index (κ2) is 14.0. The summed E-state index contributed by atoms with van der Waals surface area (Å²) in [4.78, 5) is 25.0. The van der Waals surface area contributed by atoms with E-state index in [-0.39, 0.29) is 17.7 Å². The number of benzene rings is 2. The number of unbranched alkanes of at least 4 members (excludes halogenated alkanes) is 6. The topological polar surface area (TPSA) is 52.6 Å². The van der Waals surface area contributed by atoms with E-state index in [2.05, 4.69) is 22.9 Å². The van der Waals surface area contributed by atoms with Gasteiger partial charge in [-0.15, -0.1) is 0 Å². The van der Waals surface area contributed by atoms with Crippen molar-refractivity contribution in [3.05, 3.63) is 69.7 Å². The molecule has 0 saturated carbocycles. The molecule has 162 valence electrons. The summed E-state index contributed by atoms with van der Waals surface area (Å²) in [6, 6.07) is 14.5. The molecule has 0 N–H and O–H groups in total. The van der Waals surface area contributed by atoms with Crippen LogP contribution < -0.4 is 0 Å². The molecule has 2 rings (SSSR count). The largest absolute Gasteiger partial charge is 0.462 e. The van der Waals surface area contributed by atoms with Gasteiger partial charge in [-0.05, 0) is 30.2 Å². The summed E-state index contributed by atoms with van der Waals surface area (Å²) < 4.78 is 11.8. The third-order valence-corrected chi connectivity index (χ3v) is 5.68. The van der Waals surface area contributed by atoms with Crippen LogP contribution in [0.25, 0.3) is 0 Å². The predicted molar refractivity (Wildman–Crippen MR) is 123 cm³/mol. The highest BCUT2D eigenvalue weighted by molar-refractivity contribution is 9.10. The molecule has 0 aliphatic rings. The molecule has 0 amide bonds. The van der Waals surface area contributed by atoms with Gasteiger partial charge in [0.05, 0.1) is 24.3 Å². The minimum Gasteiger partial charge on any atom is -0.462 e. The fraction of sp³-hybridized carbons (Fsp3) is 0.440. The molecular weight excluding hydrogens is 444 g/mol. The first kappa shape index (κ1) is 24.1. The maximum Gasteiger partial charge on any atom is 0.339 e. The van der Waals surface area contributed by atoms with Crippen molar-refractivity contribution in [3.63, 3.8) is 0 Å². The second-order valence-corrected chi connectivity index (χ2v) is 8.13. The molecule has 0 aliphatic heterocycles. The average molecular weight is 475 g/mol. The minimum absolute atomic E-state index is 0.239. The number of ether oxygens (including phenoxy) is 2. The van der Waals surface area contributed by atoms with Gasteiger partial charge in [0.2, 0.25) is 0 Å². The Morgan fingerprint density at radius 1 is 0.733 bits per heavy atom. The molecule has 2 aromatic rings. The van der Waals surface area contributed by atoms with Gasteiger partial charge >= 0.3 is 11.9 Å². The third-order valence-electron chi connectivity index (χ3n) is 4.91. The molecule has 4 nitrogen and oxygen atoms in total. The zero-order valence-corrected chi connectivity index (χ0v) is 19.3. The van der Waals surface area contributed by atoms with E-state index in [1.165, 1.54) is 25.7 Å².